The molecule has 394 valence electrons. The van der Waals surface area contributed by atoms with Gasteiger partial charge >= 0.3 is 11.9 Å². The first-order chi connectivity index (χ1) is 33.1. The highest BCUT2D eigenvalue weighted by Gasteiger charge is 2.16. The summed E-state index contributed by atoms with van der Waals surface area (Å²) in [6.07, 6.45) is 76.1. The number of unbranched alkanes of at least 4 members (excludes halogenated alkanes) is 42. The normalized spacial score (nSPS) is 12.3. The number of esters is 2. The molecule has 0 aromatic rings. The third-order valence-electron chi connectivity index (χ3n) is 13.7. The molecule has 0 aromatic heterocycles. The molecule has 67 heavy (non-hydrogen) atoms. The Balaban J connectivity index is 3.33. The Morgan fingerprint density at radius 3 is 0.970 bits per heavy atom. The largest absolute Gasteiger partial charge is 0.462 e. The predicted octanol–water partition coefficient (Wildman–Crippen LogP) is 20.3. The van der Waals surface area contributed by atoms with Crippen molar-refractivity contribution in [2.45, 2.75) is 335 Å². The molecule has 5 heteroatoms. The van der Waals surface area contributed by atoms with Crippen molar-refractivity contribution >= 4 is 11.9 Å². The van der Waals surface area contributed by atoms with Crippen LogP contribution in [0, 0.1) is 0 Å². The molecule has 0 saturated carbocycles. The molecule has 1 N–H and O–H groups in total. The summed E-state index contributed by atoms with van der Waals surface area (Å²) in [5, 5.41) is 9.60. The molecule has 0 spiro atoms. The van der Waals surface area contributed by atoms with Crippen LogP contribution in [0.1, 0.15) is 328 Å². The Bertz CT molecular complexity index is 1060. The minimum atomic E-state index is -0.785. The van der Waals surface area contributed by atoms with Gasteiger partial charge in [0.15, 0.2) is 6.10 Å². The lowest BCUT2D eigenvalue weighted by Crippen LogP contribution is -2.28. The summed E-state index contributed by atoms with van der Waals surface area (Å²) >= 11 is 0. The third kappa shape index (κ3) is 56.6. The van der Waals surface area contributed by atoms with Gasteiger partial charge in [-0.1, -0.05) is 307 Å². The molecule has 0 aliphatic carbocycles. The number of aliphatic hydroxyl groups excluding tert-OH is 1. The van der Waals surface area contributed by atoms with Crippen LogP contribution in [0.3, 0.4) is 0 Å². The van der Waals surface area contributed by atoms with Crippen LogP contribution in [-0.2, 0) is 19.1 Å². The zero-order chi connectivity index (χ0) is 48.5. The number of hydrogen-bond acceptors (Lipinski definition) is 5. The van der Waals surface area contributed by atoms with E-state index in [0.29, 0.717) is 12.8 Å². The van der Waals surface area contributed by atoms with E-state index in [1.807, 2.05) is 0 Å². The van der Waals surface area contributed by atoms with Crippen LogP contribution in [0.4, 0.5) is 0 Å². The van der Waals surface area contributed by atoms with Crippen molar-refractivity contribution < 1.29 is 24.2 Å². The highest BCUT2D eigenvalue weighted by molar-refractivity contribution is 5.70. The van der Waals surface area contributed by atoms with Crippen molar-refractivity contribution in [2.75, 3.05) is 13.2 Å². The molecule has 0 aliphatic heterocycles. The van der Waals surface area contributed by atoms with Crippen molar-refractivity contribution in [1.82, 2.24) is 0 Å². The van der Waals surface area contributed by atoms with Crippen molar-refractivity contribution in [3.8, 4) is 0 Å². The quantitative estimate of drug-likeness (QED) is 0.0374. The van der Waals surface area contributed by atoms with Crippen molar-refractivity contribution in [1.29, 1.82) is 0 Å². The molecule has 0 fully saturated rings. The van der Waals surface area contributed by atoms with Crippen LogP contribution in [0.15, 0.2) is 36.5 Å². The molecule has 0 aliphatic rings. The molecular formula is C62H116O5. The summed E-state index contributed by atoms with van der Waals surface area (Å²) in [4.78, 5) is 24.4. The van der Waals surface area contributed by atoms with Gasteiger partial charge in [0.2, 0.25) is 0 Å². The standard InChI is InChI=1S/C62H116O5/c1-3-5-7-9-11-13-15-17-18-19-20-21-22-23-24-25-26-27-28-29-30-31-32-33-34-35-36-37-38-39-40-41-42-43-45-46-48-50-52-54-56-61(64)66-59-60(58-63)67-62(65)57-55-53-51-49-47-44-16-14-12-10-8-6-4-2/h6,8,12,14,44,47,60,63H,3-5,7,9-11,13,15-43,45-46,48-59H2,1-2H3/b8-6-,14-12-,47-44-. The number of rotatable bonds is 56. The maximum Gasteiger partial charge on any atom is 0.306 e. The highest BCUT2D eigenvalue weighted by atomic mass is 16.6. The summed E-state index contributed by atoms with van der Waals surface area (Å²) in [5.74, 6) is -0.613. The molecule has 1 atom stereocenters. The van der Waals surface area contributed by atoms with Gasteiger partial charge in [0.25, 0.3) is 0 Å². The van der Waals surface area contributed by atoms with E-state index in [2.05, 4.69) is 50.3 Å². The van der Waals surface area contributed by atoms with Crippen molar-refractivity contribution in [3.63, 3.8) is 0 Å². The lowest BCUT2D eigenvalue weighted by Gasteiger charge is -2.15. The fourth-order valence-corrected chi connectivity index (χ4v) is 9.22. The van der Waals surface area contributed by atoms with E-state index in [1.54, 1.807) is 0 Å². The smallest absolute Gasteiger partial charge is 0.306 e. The van der Waals surface area contributed by atoms with Crippen LogP contribution in [-0.4, -0.2) is 36.4 Å². The van der Waals surface area contributed by atoms with Crippen molar-refractivity contribution in [2.24, 2.45) is 0 Å². The third-order valence-corrected chi connectivity index (χ3v) is 13.7. The number of carbonyl (C=O) groups excluding carboxylic acids is 2. The molecule has 1 unspecified atom stereocenters. The Kier molecular flexibility index (Phi) is 56.8. The molecule has 0 heterocycles. The minimum Gasteiger partial charge on any atom is -0.462 e. The van der Waals surface area contributed by atoms with Crippen LogP contribution in [0.5, 0.6) is 0 Å². The fraction of sp³-hybridized carbons (Fsp3) is 0.871. The SMILES string of the molecule is CC/C=C\C/C=C\C/C=C\CCCCCC(=O)OC(CO)COC(=O)CCCCCCCCCCCCCCCCCCCCCCCCCCCCCCCCCCCCCCCCCC. The van der Waals surface area contributed by atoms with Gasteiger partial charge < -0.3 is 14.6 Å². The first kappa shape index (κ1) is 65.1. The molecule has 5 nitrogen and oxygen atoms in total. The lowest BCUT2D eigenvalue weighted by atomic mass is 10.0. The first-order valence-corrected chi connectivity index (χ1v) is 30.0. The predicted molar refractivity (Wildman–Crippen MR) is 293 cm³/mol. The zero-order valence-corrected chi connectivity index (χ0v) is 45.2. The van der Waals surface area contributed by atoms with Gasteiger partial charge in [-0.2, -0.15) is 0 Å². The fourth-order valence-electron chi connectivity index (χ4n) is 9.22. The average Bonchev–Trinajstić information content (AvgIpc) is 3.33. The van der Waals surface area contributed by atoms with E-state index in [-0.39, 0.29) is 25.2 Å². The Hall–Kier alpha value is -1.88. The molecule has 0 rings (SSSR count). The summed E-state index contributed by atoms with van der Waals surface area (Å²) in [6.45, 7) is 4.03. The molecular weight excluding hydrogens is 825 g/mol. The topological polar surface area (TPSA) is 72.8 Å². The average molecular weight is 942 g/mol. The maximum absolute atomic E-state index is 12.2. The summed E-state index contributed by atoms with van der Waals surface area (Å²) in [7, 11) is 0. The van der Waals surface area contributed by atoms with Gasteiger partial charge in [-0.15, -0.1) is 0 Å². The van der Waals surface area contributed by atoms with E-state index in [0.717, 1.165) is 64.2 Å². The maximum atomic E-state index is 12.2. The number of hydrogen-bond donors (Lipinski definition) is 1. The molecule has 0 bridgehead atoms. The van der Waals surface area contributed by atoms with Gasteiger partial charge in [0.1, 0.15) is 6.61 Å². The summed E-state index contributed by atoms with van der Waals surface area (Å²) in [5.41, 5.74) is 0. The minimum absolute atomic E-state index is 0.0744. The Morgan fingerprint density at radius 1 is 0.358 bits per heavy atom. The van der Waals surface area contributed by atoms with E-state index >= 15 is 0 Å². The van der Waals surface area contributed by atoms with Crippen LogP contribution < -0.4 is 0 Å². The number of ether oxygens (including phenoxy) is 2. The highest BCUT2D eigenvalue weighted by Crippen LogP contribution is 2.18. The lowest BCUT2D eigenvalue weighted by molar-refractivity contribution is -0.161. The number of allylic oxidation sites excluding steroid dienone is 6. The molecule has 0 saturated heterocycles. The second-order valence-electron chi connectivity index (χ2n) is 20.4. The zero-order valence-electron chi connectivity index (χ0n) is 45.2. The van der Waals surface area contributed by atoms with E-state index in [1.165, 1.54) is 238 Å². The van der Waals surface area contributed by atoms with Crippen LogP contribution >= 0.6 is 0 Å². The Morgan fingerprint density at radius 2 is 0.642 bits per heavy atom. The number of aliphatic hydroxyl groups is 1. The molecule has 0 radical (unpaired) electrons. The van der Waals surface area contributed by atoms with Gasteiger partial charge in [0, 0.05) is 12.8 Å². The first-order valence-electron chi connectivity index (χ1n) is 30.0. The van der Waals surface area contributed by atoms with E-state index < -0.39 is 6.10 Å². The van der Waals surface area contributed by atoms with E-state index in [4.69, 9.17) is 9.47 Å². The van der Waals surface area contributed by atoms with Gasteiger partial charge in [-0.05, 0) is 44.9 Å². The second-order valence-corrected chi connectivity index (χ2v) is 20.4. The monoisotopic (exact) mass is 941 g/mol. The van der Waals surface area contributed by atoms with E-state index in [9.17, 15) is 14.7 Å². The number of carbonyl (C=O) groups is 2. The summed E-state index contributed by atoms with van der Waals surface area (Å²) < 4.78 is 10.6. The molecule has 0 aromatic carbocycles. The van der Waals surface area contributed by atoms with Gasteiger partial charge in [-0.25, -0.2) is 0 Å². The van der Waals surface area contributed by atoms with Crippen molar-refractivity contribution in [3.05, 3.63) is 36.5 Å². The van der Waals surface area contributed by atoms with Crippen LogP contribution in [0.2, 0.25) is 0 Å². The second kappa shape index (κ2) is 58.4. The van der Waals surface area contributed by atoms with Gasteiger partial charge in [-0.3, -0.25) is 9.59 Å². The summed E-state index contributed by atoms with van der Waals surface area (Å²) in [6, 6.07) is 0. The van der Waals surface area contributed by atoms with Gasteiger partial charge in [0.05, 0.1) is 6.61 Å². The Labute approximate surface area is 418 Å². The molecule has 0 amide bonds. The van der Waals surface area contributed by atoms with Crippen LogP contribution in [0.25, 0.3) is 0 Å².